The van der Waals surface area contributed by atoms with Crippen LogP contribution < -0.4 is 5.56 Å². The predicted octanol–water partition coefficient (Wildman–Crippen LogP) is 1.69. The molecule has 0 fully saturated rings. The Labute approximate surface area is 157 Å². The molecule has 0 bridgehead atoms. The van der Waals surface area contributed by atoms with Gasteiger partial charge in [-0.3, -0.25) is 14.5 Å². The van der Waals surface area contributed by atoms with E-state index >= 15 is 0 Å². The Morgan fingerprint density at radius 3 is 2.85 bits per heavy atom. The maximum Gasteiger partial charge on any atom is 0.251 e. The predicted molar refractivity (Wildman–Crippen MR) is 103 cm³/mol. The Morgan fingerprint density at radius 1 is 1.38 bits per heavy atom. The molecule has 0 aliphatic carbocycles. The highest BCUT2D eigenvalue weighted by molar-refractivity contribution is 7.99. The van der Waals surface area contributed by atoms with Crippen LogP contribution in [0.1, 0.15) is 16.8 Å². The summed E-state index contributed by atoms with van der Waals surface area (Å²) in [6.45, 7) is 3.36. The first-order valence-electron chi connectivity index (χ1n) is 8.64. The van der Waals surface area contributed by atoms with E-state index in [4.69, 9.17) is 0 Å². The molecule has 1 aromatic carbocycles. The van der Waals surface area contributed by atoms with Crippen molar-refractivity contribution in [3.63, 3.8) is 0 Å². The lowest BCUT2D eigenvalue weighted by molar-refractivity contribution is -0.127. The van der Waals surface area contributed by atoms with Crippen LogP contribution in [0.4, 0.5) is 0 Å². The van der Waals surface area contributed by atoms with Gasteiger partial charge >= 0.3 is 0 Å². The van der Waals surface area contributed by atoms with E-state index in [9.17, 15) is 9.59 Å². The van der Waals surface area contributed by atoms with Gasteiger partial charge in [0.25, 0.3) is 5.56 Å². The number of benzene rings is 1. The van der Waals surface area contributed by atoms with E-state index in [0.717, 1.165) is 13.0 Å². The minimum Gasteiger partial charge on any atom is -0.343 e. The molecule has 0 unspecified atom stereocenters. The molecule has 0 saturated carbocycles. The number of nitrogens with one attached hydrogen (secondary N) is 1. The number of likely N-dealkylation sites (N-methyl/N-ethyl adjacent to an activating group) is 2. The maximum atomic E-state index is 12.5. The van der Waals surface area contributed by atoms with Gasteiger partial charge in [-0.25, -0.2) is 4.98 Å². The first-order valence-corrected chi connectivity index (χ1v) is 9.62. The number of carbonyl (C=O) groups is 1. The second-order valence-electron chi connectivity index (χ2n) is 6.80. The van der Waals surface area contributed by atoms with Crippen LogP contribution in [0.25, 0.3) is 0 Å². The minimum absolute atomic E-state index is 0.0337. The van der Waals surface area contributed by atoms with E-state index in [0.29, 0.717) is 23.4 Å². The van der Waals surface area contributed by atoms with Crippen molar-refractivity contribution in [2.45, 2.75) is 31.1 Å². The van der Waals surface area contributed by atoms with E-state index in [-0.39, 0.29) is 17.2 Å². The lowest BCUT2D eigenvalue weighted by atomic mass is 9.94. The number of nitrogens with zero attached hydrogens (tertiary/aromatic N) is 3. The minimum atomic E-state index is -0.191. The van der Waals surface area contributed by atoms with E-state index in [1.165, 1.54) is 29.0 Å². The van der Waals surface area contributed by atoms with Crippen LogP contribution >= 0.6 is 11.8 Å². The van der Waals surface area contributed by atoms with Gasteiger partial charge < -0.3 is 9.88 Å². The number of thioether (sulfide) groups is 1. The fourth-order valence-electron chi connectivity index (χ4n) is 3.20. The SMILES string of the molecule is Cc1cc(=O)[nH]c(SCC(=O)N(C)C[C@@H]2Cc3ccccc3CN2C)n1. The molecule has 1 amide bonds. The molecule has 1 aliphatic heterocycles. The molecule has 0 radical (unpaired) electrons. The molecule has 0 saturated heterocycles. The Bertz CT molecular complexity index is 851. The van der Waals surface area contributed by atoms with Crippen LogP contribution in [0.3, 0.4) is 0 Å². The van der Waals surface area contributed by atoms with Gasteiger partial charge in [0, 0.05) is 37.9 Å². The van der Waals surface area contributed by atoms with Gasteiger partial charge in [-0.05, 0) is 31.5 Å². The molecular weight excluding hydrogens is 348 g/mol. The number of hydrogen-bond donors (Lipinski definition) is 1. The van der Waals surface area contributed by atoms with E-state index in [2.05, 4.69) is 46.2 Å². The third-order valence-electron chi connectivity index (χ3n) is 4.71. The smallest absolute Gasteiger partial charge is 0.251 e. The summed E-state index contributed by atoms with van der Waals surface area (Å²) in [7, 11) is 3.94. The van der Waals surface area contributed by atoms with Crippen LogP contribution in [0.5, 0.6) is 0 Å². The summed E-state index contributed by atoms with van der Waals surface area (Å²) in [6.07, 6.45) is 0.949. The molecule has 3 rings (SSSR count). The first kappa shape index (κ1) is 18.7. The second kappa shape index (κ2) is 8.05. The second-order valence-corrected chi connectivity index (χ2v) is 7.76. The fourth-order valence-corrected chi connectivity index (χ4v) is 4.06. The Hall–Kier alpha value is -2.12. The monoisotopic (exact) mass is 372 g/mol. The van der Waals surface area contributed by atoms with Crippen molar-refractivity contribution in [2.24, 2.45) is 0 Å². The van der Waals surface area contributed by atoms with Crippen LogP contribution in [-0.4, -0.2) is 58.1 Å². The highest BCUT2D eigenvalue weighted by atomic mass is 32.2. The molecule has 1 N–H and O–H groups in total. The van der Waals surface area contributed by atoms with Gasteiger partial charge in [-0.2, -0.15) is 0 Å². The highest BCUT2D eigenvalue weighted by Crippen LogP contribution is 2.22. The van der Waals surface area contributed by atoms with Crippen LogP contribution in [0.15, 0.2) is 40.3 Å². The lowest BCUT2D eigenvalue weighted by Crippen LogP contribution is -2.46. The average Bonchev–Trinajstić information content (AvgIpc) is 2.59. The third kappa shape index (κ3) is 4.53. The van der Waals surface area contributed by atoms with Gasteiger partial charge in [0.05, 0.1) is 5.75 Å². The lowest BCUT2D eigenvalue weighted by Gasteiger charge is -2.36. The topological polar surface area (TPSA) is 69.3 Å². The van der Waals surface area contributed by atoms with E-state index in [1.807, 2.05) is 7.05 Å². The summed E-state index contributed by atoms with van der Waals surface area (Å²) in [5.41, 5.74) is 3.19. The molecule has 6 nitrogen and oxygen atoms in total. The number of aromatic nitrogens is 2. The third-order valence-corrected chi connectivity index (χ3v) is 5.57. The Balaban J connectivity index is 1.56. The highest BCUT2D eigenvalue weighted by Gasteiger charge is 2.25. The molecule has 138 valence electrons. The number of amides is 1. The first-order chi connectivity index (χ1) is 12.4. The number of hydrogen-bond acceptors (Lipinski definition) is 5. The number of H-pyrrole nitrogens is 1. The normalized spacial score (nSPS) is 17.0. The van der Waals surface area contributed by atoms with Crippen molar-refractivity contribution >= 4 is 17.7 Å². The number of aromatic amines is 1. The summed E-state index contributed by atoms with van der Waals surface area (Å²) >= 11 is 1.27. The van der Waals surface area contributed by atoms with Crippen molar-refractivity contribution in [1.29, 1.82) is 0 Å². The fraction of sp³-hybridized carbons (Fsp3) is 0.421. The molecule has 1 aliphatic rings. The van der Waals surface area contributed by atoms with Crippen molar-refractivity contribution in [3.05, 3.63) is 57.5 Å². The van der Waals surface area contributed by atoms with Gasteiger partial charge in [0.1, 0.15) is 0 Å². The largest absolute Gasteiger partial charge is 0.343 e. The summed E-state index contributed by atoms with van der Waals surface area (Å²) in [5, 5.41) is 0.487. The standard InChI is InChI=1S/C19H24N4O2S/c1-13-8-17(24)21-19(20-13)26-12-18(25)23(3)11-16-9-14-6-4-5-7-15(14)10-22(16)2/h4-8,16H,9-12H2,1-3H3,(H,20,21,24)/t16-/m0/s1. The van der Waals surface area contributed by atoms with Crippen molar-refractivity contribution < 1.29 is 4.79 Å². The number of aryl methyl sites for hydroxylation is 1. The van der Waals surface area contributed by atoms with Crippen molar-refractivity contribution in [2.75, 3.05) is 26.4 Å². The molecule has 0 spiro atoms. The average molecular weight is 372 g/mol. The van der Waals surface area contributed by atoms with Gasteiger partial charge in [0.15, 0.2) is 5.16 Å². The molecule has 2 heterocycles. The quantitative estimate of drug-likeness (QED) is 0.639. The Kier molecular flexibility index (Phi) is 5.78. The summed E-state index contributed by atoms with van der Waals surface area (Å²) in [5.74, 6) is 0.294. The van der Waals surface area contributed by atoms with Gasteiger partial charge in [-0.15, -0.1) is 0 Å². The van der Waals surface area contributed by atoms with Crippen molar-refractivity contribution in [1.82, 2.24) is 19.8 Å². The summed E-state index contributed by atoms with van der Waals surface area (Å²) in [4.78, 5) is 34.9. The zero-order valence-electron chi connectivity index (χ0n) is 15.4. The zero-order chi connectivity index (χ0) is 18.7. The van der Waals surface area contributed by atoms with E-state index in [1.54, 1.807) is 11.8 Å². The number of rotatable bonds is 5. The molecule has 7 heteroatoms. The van der Waals surface area contributed by atoms with E-state index < -0.39 is 0 Å². The van der Waals surface area contributed by atoms with Crippen LogP contribution in [0.2, 0.25) is 0 Å². The zero-order valence-corrected chi connectivity index (χ0v) is 16.2. The maximum absolute atomic E-state index is 12.5. The Morgan fingerprint density at radius 2 is 2.12 bits per heavy atom. The van der Waals surface area contributed by atoms with Gasteiger partial charge in [0.2, 0.25) is 5.91 Å². The molecular formula is C19H24N4O2S. The van der Waals surface area contributed by atoms with Gasteiger partial charge in [-0.1, -0.05) is 36.0 Å². The summed E-state index contributed by atoms with van der Waals surface area (Å²) < 4.78 is 0. The van der Waals surface area contributed by atoms with Crippen LogP contribution in [-0.2, 0) is 17.8 Å². The molecule has 2 aromatic rings. The molecule has 26 heavy (non-hydrogen) atoms. The van der Waals surface area contributed by atoms with Crippen molar-refractivity contribution in [3.8, 4) is 0 Å². The molecule has 1 atom stereocenters. The summed E-state index contributed by atoms with van der Waals surface area (Å²) in [6, 6.07) is 10.2. The molecule has 1 aromatic heterocycles. The number of fused-ring (bicyclic) bond motifs is 1. The van der Waals surface area contributed by atoms with Crippen LogP contribution in [0, 0.1) is 6.92 Å². The number of carbonyl (C=O) groups excluding carboxylic acids is 1.